The zero-order valence-corrected chi connectivity index (χ0v) is 12.7. The Kier molecular flexibility index (Phi) is 5.53. The van der Waals surface area contributed by atoms with Crippen molar-refractivity contribution >= 4 is 11.4 Å². The van der Waals surface area contributed by atoms with Crippen LogP contribution >= 0.6 is 0 Å². The maximum atomic E-state index is 5.93. The first-order valence-electron chi connectivity index (χ1n) is 7.63. The van der Waals surface area contributed by atoms with E-state index in [0.29, 0.717) is 12.3 Å². The molecule has 0 unspecified atom stereocenters. The van der Waals surface area contributed by atoms with Crippen LogP contribution in [0.2, 0.25) is 0 Å². The molecule has 2 rings (SSSR count). The van der Waals surface area contributed by atoms with Crippen LogP contribution in [-0.4, -0.2) is 38.2 Å². The monoisotopic (exact) mass is 277 g/mol. The molecule has 4 nitrogen and oxygen atoms in total. The van der Waals surface area contributed by atoms with E-state index in [1.165, 1.54) is 25.9 Å². The van der Waals surface area contributed by atoms with Gasteiger partial charge in [-0.15, -0.1) is 0 Å². The molecule has 4 heteroatoms. The molecule has 0 bridgehead atoms. The molecule has 0 amide bonds. The predicted octanol–water partition coefficient (Wildman–Crippen LogP) is 2.81. The highest BCUT2D eigenvalue weighted by Crippen LogP contribution is 2.26. The van der Waals surface area contributed by atoms with Gasteiger partial charge in [-0.05, 0) is 57.5 Å². The standard InChI is InChI=1S/C16H27N3O/c1-3-10-20-16-11-14(4-5-15(16)17)18-12-13-6-8-19(2)9-7-13/h4-5,11,13,18H,3,6-10,12,17H2,1-2H3. The number of ether oxygens (including phenoxy) is 1. The lowest BCUT2D eigenvalue weighted by molar-refractivity contribution is 0.226. The van der Waals surface area contributed by atoms with Crippen LogP contribution in [0.3, 0.4) is 0 Å². The average molecular weight is 277 g/mol. The highest BCUT2D eigenvalue weighted by Gasteiger charge is 2.16. The molecule has 1 saturated heterocycles. The van der Waals surface area contributed by atoms with Crippen molar-refractivity contribution in [2.75, 3.05) is 44.3 Å². The topological polar surface area (TPSA) is 50.5 Å². The number of nitrogens with one attached hydrogen (secondary N) is 1. The Bertz CT molecular complexity index is 414. The normalized spacial score (nSPS) is 17.1. The van der Waals surface area contributed by atoms with Crippen molar-refractivity contribution in [3.8, 4) is 5.75 Å². The summed E-state index contributed by atoms with van der Waals surface area (Å²) < 4.78 is 5.66. The molecule has 1 fully saturated rings. The maximum Gasteiger partial charge on any atom is 0.144 e. The van der Waals surface area contributed by atoms with Gasteiger partial charge in [0, 0.05) is 18.3 Å². The average Bonchev–Trinajstić information content (AvgIpc) is 2.46. The van der Waals surface area contributed by atoms with Crippen molar-refractivity contribution < 1.29 is 4.74 Å². The van der Waals surface area contributed by atoms with Gasteiger partial charge < -0.3 is 20.7 Å². The molecule has 0 radical (unpaired) electrons. The Balaban J connectivity index is 1.86. The molecule has 20 heavy (non-hydrogen) atoms. The van der Waals surface area contributed by atoms with Gasteiger partial charge in [0.25, 0.3) is 0 Å². The van der Waals surface area contributed by atoms with Gasteiger partial charge in [0.05, 0.1) is 12.3 Å². The molecule has 1 aromatic carbocycles. The Morgan fingerprint density at radius 3 is 2.80 bits per heavy atom. The maximum absolute atomic E-state index is 5.93. The minimum absolute atomic E-state index is 0.711. The fourth-order valence-electron chi connectivity index (χ4n) is 2.51. The quantitative estimate of drug-likeness (QED) is 0.785. The van der Waals surface area contributed by atoms with E-state index >= 15 is 0 Å². The van der Waals surface area contributed by atoms with Gasteiger partial charge in [0.2, 0.25) is 0 Å². The highest BCUT2D eigenvalue weighted by molar-refractivity contribution is 5.61. The summed E-state index contributed by atoms with van der Waals surface area (Å²) in [5, 5.41) is 3.52. The molecule has 1 aliphatic heterocycles. The highest BCUT2D eigenvalue weighted by atomic mass is 16.5. The predicted molar refractivity (Wildman–Crippen MR) is 85.4 cm³/mol. The Morgan fingerprint density at radius 2 is 2.10 bits per heavy atom. The molecule has 0 atom stereocenters. The fraction of sp³-hybridized carbons (Fsp3) is 0.625. The number of hydrogen-bond donors (Lipinski definition) is 2. The van der Waals surface area contributed by atoms with Crippen LogP contribution in [0.1, 0.15) is 26.2 Å². The first-order chi connectivity index (χ1) is 9.69. The van der Waals surface area contributed by atoms with Crippen molar-refractivity contribution in [3.63, 3.8) is 0 Å². The number of nitrogens with two attached hydrogens (primary N) is 1. The molecular weight excluding hydrogens is 250 g/mol. The molecule has 0 aromatic heterocycles. The second-order valence-electron chi connectivity index (χ2n) is 5.73. The van der Waals surface area contributed by atoms with E-state index in [1.807, 2.05) is 18.2 Å². The second-order valence-corrected chi connectivity index (χ2v) is 5.73. The van der Waals surface area contributed by atoms with Crippen LogP contribution in [0.25, 0.3) is 0 Å². The Morgan fingerprint density at radius 1 is 1.35 bits per heavy atom. The third-order valence-electron chi connectivity index (χ3n) is 3.91. The van der Waals surface area contributed by atoms with Crippen LogP contribution < -0.4 is 15.8 Å². The number of piperidine rings is 1. The van der Waals surface area contributed by atoms with Gasteiger partial charge in [0.1, 0.15) is 5.75 Å². The number of rotatable bonds is 6. The SMILES string of the molecule is CCCOc1cc(NCC2CCN(C)CC2)ccc1N. The Labute approximate surface area is 122 Å². The number of hydrogen-bond acceptors (Lipinski definition) is 4. The molecule has 0 spiro atoms. The molecule has 3 N–H and O–H groups in total. The van der Waals surface area contributed by atoms with Crippen LogP contribution in [0.4, 0.5) is 11.4 Å². The van der Waals surface area contributed by atoms with Gasteiger partial charge in [-0.25, -0.2) is 0 Å². The summed E-state index contributed by atoms with van der Waals surface area (Å²) in [6.45, 7) is 6.25. The van der Waals surface area contributed by atoms with E-state index < -0.39 is 0 Å². The minimum Gasteiger partial charge on any atom is -0.491 e. The van der Waals surface area contributed by atoms with E-state index in [1.54, 1.807) is 0 Å². The summed E-state index contributed by atoms with van der Waals surface area (Å²) in [5.41, 5.74) is 7.74. The zero-order chi connectivity index (χ0) is 14.4. The second kappa shape index (κ2) is 7.39. The van der Waals surface area contributed by atoms with Crippen LogP contribution in [0, 0.1) is 5.92 Å². The van der Waals surface area contributed by atoms with Crippen LogP contribution in [0.5, 0.6) is 5.75 Å². The lowest BCUT2D eigenvalue weighted by atomic mass is 9.97. The van der Waals surface area contributed by atoms with E-state index in [0.717, 1.165) is 30.3 Å². The molecule has 1 aromatic rings. The van der Waals surface area contributed by atoms with Gasteiger partial charge in [0.15, 0.2) is 0 Å². The summed E-state index contributed by atoms with van der Waals surface area (Å²) in [7, 11) is 2.20. The first-order valence-corrected chi connectivity index (χ1v) is 7.63. The summed E-state index contributed by atoms with van der Waals surface area (Å²) in [5.74, 6) is 1.56. The molecule has 112 valence electrons. The molecule has 0 aliphatic carbocycles. The number of likely N-dealkylation sites (tertiary alicyclic amines) is 1. The van der Waals surface area contributed by atoms with Crippen molar-refractivity contribution in [1.29, 1.82) is 0 Å². The molecule has 0 saturated carbocycles. The van der Waals surface area contributed by atoms with Gasteiger partial charge in [-0.2, -0.15) is 0 Å². The fourth-order valence-corrected chi connectivity index (χ4v) is 2.51. The van der Waals surface area contributed by atoms with Gasteiger partial charge in [-0.1, -0.05) is 6.92 Å². The summed E-state index contributed by atoms with van der Waals surface area (Å²) in [6, 6.07) is 5.96. The van der Waals surface area contributed by atoms with Crippen molar-refractivity contribution in [1.82, 2.24) is 4.90 Å². The van der Waals surface area contributed by atoms with Gasteiger partial charge >= 0.3 is 0 Å². The number of anilines is 2. The van der Waals surface area contributed by atoms with E-state index in [2.05, 4.69) is 24.2 Å². The minimum atomic E-state index is 0.711. The third-order valence-corrected chi connectivity index (χ3v) is 3.91. The largest absolute Gasteiger partial charge is 0.491 e. The summed E-state index contributed by atoms with van der Waals surface area (Å²) in [4.78, 5) is 2.40. The van der Waals surface area contributed by atoms with E-state index in [-0.39, 0.29) is 0 Å². The van der Waals surface area contributed by atoms with Crippen molar-refractivity contribution in [2.45, 2.75) is 26.2 Å². The van der Waals surface area contributed by atoms with Gasteiger partial charge in [-0.3, -0.25) is 0 Å². The third kappa shape index (κ3) is 4.30. The zero-order valence-electron chi connectivity index (χ0n) is 12.7. The molecule has 1 heterocycles. The van der Waals surface area contributed by atoms with Crippen molar-refractivity contribution in [3.05, 3.63) is 18.2 Å². The summed E-state index contributed by atoms with van der Waals surface area (Å²) >= 11 is 0. The van der Waals surface area contributed by atoms with Crippen LogP contribution in [-0.2, 0) is 0 Å². The number of nitrogen functional groups attached to an aromatic ring is 1. The van der Waals surface area contributed by atoms with Crippen molar-refractivity contribution in [2.24, 2.45) is 5.92 Å². The van der Waals surface area contributed by atoms with Crippen LogP contribution in [0.15, 0.2) is 18.2 Å². The molecule has 1 aliphatic rings. The lowest BCUT2D eigenvalue weighted by Crippen LogP contribution is -2.32. The van der Waals surface area contributed by atoms with E-state index in [4.69, 9.17) is 10.5 Å². The Hall–Kier alpha value is -1.42. The lowest BCUT2D eigenvalue weighted by Gasteiger charge is -2.29. The number of benzene rings is 1. The number of nitrogens with zero attached hydrogens (tertiary/aromatic N) is 1. The molecular formula is C16H27N3O. The smallest absolute Gasteiger partial charge is 0.144 e. The summed E-state index contributed by atoms with van der Waals surface area (Å²) in [6.07, 6.45) is 3.54. The van der Waals surface area contributed by atoms with E-state index in [9.17, 15) is 0 Å². The first kappa shape index (κ1) is 15.0.